The lowest BCUT2D eigenvalue weighted by molar-refractivity contribution is -0.113. The van der Waals surface area contributed by atoms with Gasteiger partial charge in [0, 0.05) is 33.4 Å². The van der Waals surface area contributed by atoms with Crippen molar-refractivity contribution in [2.75, 3.05) is 11.1 Å². The fourth-order valence-electron chi connectivity index (χ4n) is 3.03. The van der Waals surface area contributed by atoms with Crippen molar-refractivity contribution in [2.24, 2.45) is 0 Å². The second kappa shape index (κ2) is 10.6. The first kappa shape index (κ1) is 23.0. The maximum absolute atomic E-state index is 12.5. The summed E-state index contributed by atoms with van der Waals surface area (Å²) >= 11 is 12.2. The highest BCUT2D eigenvalue weighted by Gasteiger charge is 2.15. The van der Waals surface area contributed by atoms with Crippen LogP contribution in [0, 0.1) is 0 Å². The fourth-order valence-corrected chi connectivity index (χ4v) is 4.98. The minimum Gasteiger partial charge on any atom is -0.306 e. The standard InChI is InChI=1S/C22H19BrClN5OS2/c1-2-29-19(11-14-3-9-17(24)10-4-14)27-28-22(29)32-13-20(30)26-21-25-18(12-31-21)15-5-7-16(23)8-6-15/h3-10,12H,2,11,13H2,1H3,(H,25,26,30). The minimum atomic E-state index is -0.128. The summed E-state index contributed by atoms with van der Waals surface area (Å²) in [6.45, 7) is 2.76. The summed E-state index contributed by atoms with van der Waals surface area (Å²) in [5.41, 5.74) is 2.95. The Labute approximate surface area is 207 Å². The van der Waals surface area contributed by atoms with Crippen molar-refractivity contribution in [3.05, 3.63) is 74.8 Å². The average Bonchev–Trinajstić information content (AvgIpc) is 3.41. The Bertz CT molecular complexity index is 1210. The molecule has 4 rings (SSSR count). The van der Waals surface area contributed by atoms with Crippen molar-refractivity contribution in [3.8, 4) is 11.3 Å². The van der Waals surface area contributed by atoms with Crippen molar-refractivity contribution in [3.63, 3.8) is 0 Å². The van der Waals surface area contributed by atoms with E-state index in [1.54, 1.807) is 0 Å². The second-order valence-corrected chi connectivity index (χ2v) is 9.98. The normalized spacial score (nSPS) is 11.0. The quantitative estimate of drug-likeness (QED) is 0.267. The molecule has 0 unspecified atom stereocenters. The van der Waals surface area contributed by atoms with Crippen LogP contribution < -0.4 is 5.32 Å². The lowest BCUT2D eigenvalue weighted by Crippen LogP contribution is -2.14. The number of anilines is 1. The number of hydrogen-bond acceptors (Lipinski definition) is 6. The molecule has 0 fully saturated rings. The van der Waals surface area contributed by atoms with Crippen LogP contribution in [-0.4, -0.2) is 31.4 Å². The summed E-state index contributed by atoms with van der Waals surface area (Å²) in [7, 11) is 0. The highest BCUT2D eigenvalue weighted by Crippen LogP contribution is 2.26. The summed E-state index contributed by atoms with van der Waals surface area (Å²) < 4.78 is 3.04. The Hall–Kier alpha value is -2.20. The highest BCUT2D eigenvalue weighted by atomic mass is 79.9. The third kappa shape index (κ3) is 5.78. The number of carbonyl (C=O) groups excluding carboxylic acids is 1. The number of aromatic nitrogens is 4. The van der Waals surface area contributed by atoms with E-state index in [0.29, 0.717) is 16.6 Å². The maximum Gasteiger partial charge on any atom is 0.236 e. The van der Waals surface area contributed by atoms with Gasteiger partial charge in [-0.3, -0.25) is 4.79 Å². The minimum absolute atomic E-state index is 0.128. The SMILES string of the molecule is CCn1c(Cc2ccc(Cl)cc2)nnc1SCC(=O)Nc1nc(-c2ccc(Br)cc2)cs1. The van der Waals surface area contributed by atoms with Gasteiger partial charge < -0.3 is 9.88 Å². The molecule has 4 aromatic rings. The predicted octanol–water partition coefficient (Wildman–Crippen LogP) is 6.16. The van der Waals surface area contributed by atoms with Crippen LogP contribution in [0.3, 0.4) is 0 Å². The molecule has 0 bridgehead atoms. The molecule has 0 atom stereocenters. The van der Waals surface area contributed by atoms with Crippen LogP contribution in [-0.2, 0) is 17.8 Å². The number of rotatable bonds is 8. The topological polar surface area (TPSA) is 72.7 Å². The number of thioether (sulfide) groups is 1. The van der Waals surface area contributed by atoms with Gasteiger partial charge in [-0.15, -0.1) is 21.5 Å². The Balaban J connectivity index is 1.35. The summed E-state index contributed by atoms with van der Waals surface area (Å²) in [5.74, 6) is 0.958. The zero-order valence-electron chi connectivity index (χ0n) is 17.1. The molecule has 164 valence electrons. The van der Waals surface area contributed by atoms with Gasteiger partial charge in [-0.25, -0.2) is 4.98 Å². The molecule has 6 nitrogen and oxygen atoms in total. The van der Waals surface area contributed by atoms with Crippen LogP contribution >= 0.6 is 50.6 Å². The molecule has 2 aromatic heterocycles. The van der Waals surface area contributed by atoms with Crippen molar-refractivity contribution in [2.45, 2.75) is 25.0 Å². The molecular formula is C22H19BrClN5OS2. The molecule has 0 aliphatic carbocycles. The van der Waals surface area contributed by atoms with E-state index in [4.69, 9.17) is 11.6 Å². The van der Waals surface area contributed by atoms with Crippen LogP contribution in [0.2, 0.25) is 5.02 Å². The molecule has 0 aliphatic rings. The first-order chi connectivity index (χ1) is 15.5. The number of amides is 1. The van der Waals surface area contributed by atoms with Gasteiger partial charge in [0.05, 0.1) is 11.4 Å². The molecule has 2 heterocycles. The Morgan fingerprint density at radius 1 is 1.16 bits per heavy atom. The number of halogens is 2. The van der Waals surface area contributed by atoms with E-state index in [9.17, 15) is 4.79 Å². The largest absolute Gasteiger partial charge is 0.306 e. The zero-order chi connectivity index (χ0) is 22.5. The van der Waals surface area contributed by atoms with E-state index in [1.807, 2.05) is 65.4 Å². The summed E-state index contributed by atoms with van der Waals surface area (Å²) in [5, 5.41) is 15.4. The number of benzene rings is 2. The van der Waals surface area contributed by atoms with Gasteiger partial charge in [-0.05, 0) is 36.8 Å². The van der Waals surface area contributed by atoms with E-state index in [2.05, 4.69) is 36.4 Å². The van der Waals surface area contributed by atoms with Gasteiger partial charge in [0.1, 0.15) is 5.82 Å². The first-order valence-corrected chi connectivity index (χ1v) is 12.9. The van der Waals surface area contributed by atoms with E-state index < -0.39 is 0 Å². The summed E-state index contributed by atoms with van der Waals surface area (Å²) in [6.07, 6.45) is 0.655. The van der Waals surface area contributed by atoms with Crippen LogP contribution in [0.5, 0.6) is 0 Å². The third-order valence-electron chi connectivity index (χ3n) is 4.61. The molecule has 1 N–H and O–H groups in total. The number of nitrogens with zero attached hydrogens (tertiary/aromatic N) is 4. The molecule has 0 saturated heterocycles. The van der Waals surface area contributed by atoms with E-state index in [-0.39, 0.29) is 11.7 Å². The first-order valence-electron chi connectivity index (χ1n) is 9.82. The van der Waals surface area contributed by atoms with Crippen molar-refractivity contribution in [1.82, 2.24) is 19.7 Å². The molecule has 1 amide bonds. The van der Waals surface area contributed by atoms with Gasteiger partial charge in [-0.1, -0.05) is 63.6 Å². The predicted molar refractivity (Wildman–Crippen MR) is 135 cm³/mol. The van der Waals surface area contributed by atoms with E-state index >= 15 is 0 Å². The molecule has 0 radical (unpaired) electrons. The molecular weight excluding hydrogens is 530 g/mol. The number of hydrogen-bond donors (Lipinski definition) is 1. The lowest BCUT2D eigenvalue weighted by atomic mass is 10.1. The van der Waals surface area contributed by atoms with E-state index in [1.165, 1.54) is 23.1 Å². The van der Waals surface area contributed by atoms with Crippen LogP contribution in [0.4, 0.5) is 5.13 Å². The second-order valence-electron chi connectivity index (χ2n) is 6.83. The molecule has 0 spiro atoms. The van der Waals surface area contributed by atoms with Gasteiger partial charge in [-0.2, -0.15) is 0 Å². The molecule has 32 heavy (non-hydrogen) atoms. The van der Waals surface area contributed by atoms with Crippen LogP contribution in [0.1, 0.15) is 18.3 Å². The van der Waals surface area contributed by atoms with Gasteiger partial charge >= 0.3 is 0 Å². The van der Waals surface area contributed by atoms with Crippen molar-refractivity contribution < 1.29 is 4.79 Å². The third-order valence-corrected chi connectivity index (χ3v) is 7.11. The van der Waals surface area contributed by atoms with E-state index in [0.717, 1.165) is 38.8 Å². The molecule has 0 saturated carbocycles. The van der Waals surface area contributed by atoms with Gasteiger partial charge in [0.15, 0.2) is 10.3 Å². The average molecular weight is 549 g/mol. The lowest BCUT2D eigenvalue weighted by Gasteiger charge is -2.07. The van der Waals surface area contributed by atoms with Gasteiger partial charge in [0.2, 0.25) is 5.91 Å². The van der Waals surface area contributed by atoms with Crippen molar-refractivity contribution in [1.29, 1.82) is 0 Å². The Kier molecular flexibility index (Phi) is 7.62. The smallest absolute Gasteiger partial charge is 0.236 e. The number of carbonyl (C=O) groups is 1. The monoisotopic (exact) mass is 547 g/mol. The molecule has 2 aromatic carbocycles. The van der Waals surface area contributed by atoms with Crippen LogP contribution in [0.25, 0.3) is 11.3 Å². The Morgan fingerprint density at radius 3 is 2.62 bits per heavy atom. The zero-order valence-corrected chi connectivity index (χ0v) is 21.1. The van der Waals surface area contributed by atoms with Crippen LogP contribution in [0.15, 0.2) is 63.5 Å². The number of nitrogens with one attached hydrogen (secondary N) is 1. The fraction of sp³-hybridized carbons (Fsp3) is 0.182. The summed E-state index contributed by atoms with van der Waals surface area (Å²) in [4.78, 5) is 17.0. The molecule has 10 heteroatoms. The highest BCUT2D eigenvalue weighted by molar-refractivity contribution is 9.10. The summed E-state index contributed by atoms with van der Waals surface area (Å²) in [6, 6.07) is 15.6. The molecule has 0 aliphatic heterocycles. The maximum atomic E-state index is 12.5. The van der Waals surface area contributed by atoms with Crippen molar-refractivity contribution >= 4 is 61.7 Å². The Morgan fingerprint density at radius 2 is 1.91 bits per heavy atom. The number of thiazole rings is 1. The van der Waals surface area contributed by atoms with Gasteiger partial charge in [0.25, 0.3) is 0 Å².